The molecule has 2 N–H and O–H groups in total. The first kappa shape index (κ1) is 13.8. The van der Waals surface area contributed by atoms with E-state index in [2.05, 4.69) is 0 Å². The molecule has 2 unspecified atom stereocenters. The lowest BCUT2D eigenvalue weighted by Gasteiger charge is -2.37. The Bertz CT molecular complexity index is 277. The molecule has 104 valence electrons. The quantitative estimate of drug-likeness (QED) is 0.831. The number of ether oxygens (including phenoxy) is 1. The lowest BCUT2D eigenvalue weighted by Crippen LogP contribution is -2.51. The van der Waals surface area contributed by atoms with Gasteiger partial charge in [-0.3, -0.25) is 4.79 Å². The van der Waals surface area contributed by atoms with Crippen LogP contribution in [0.3, 0.4) is 0 Å². The number of morpholine rings is 1. The highest BCUT2D eigenvalue weighted by Gasteiger charge is 2.29. The van der Waals surface area contributed by atoms with Crippen LogP contribution in [0.4, 0.5) is 0 Å². The molecule has 1 aliphatic heterocycles. The molecule has 1 saturated heterocycles. The van der Waals surface area contributed by atoms with Crippen LogP contribution < -0.4 is 5.73 Å². The van der Waals surface area contributed by atoms with E-state index < -0.39 is 0 Å². The van der Waals surface area contributed by atoms with Gasteiger partial charge in [0.25, 0.3) is 0 Å². The van der Waals surface area contributed by atoms with Gasteiger partial charge in [0.2, 0.25) is 5.91 Å². The minimum absolute atomic E-state index is 0.0176. The molecule has 2 aliphatic rings. The fourth-order valence-electron chi connectivity index (χ4n) is 3.15. The smallest absolute Gasteiger partial charge is 0.223 e. The maximum Gasteiger partial charge on any atom is 0.223 e. The molecule has 1 aliphatic carbocycles. The number of hydrogen-bond acceptors (Lipinski definition) is 3. The highest BCUT2D eigenvalue weighted by Crippen LogP contribution is 2.27. The Kier molecular flexibility index (Phi) is 5.01. The van der Waals surface area contributed by atoms with Crippen molar-refractivity contribution in [2.45, 2.75) is 57.7 Å². The fourth-order valence-corrected chi connectivity index (χ4v) is 3.15. The summed E-state index contributed by atoms with van der Waals surface area (Å²) >= 11 is 0. The van der Waals surface area contributed by atoms with E-state index in [-0.39, 0.29) is 12.2 Å². The van der Waals surface area contributed by atoms with Gasteiger partial charge in [-0.15, -0.1) is 0 Å². The third kappa shape index (κ3) is 3.69. The van der Waals surface area contributed by atoms with Gasteiger partial charge < -0.3 is 15.4 Å². The van der Waals surface area contributed by atoms with Gasteiger partial charge in [-0.2, -0.15) is 0 Å². The number of nitrogens with two attached hydrogens (primary N) is 1. The van der Waals surface area contributed by atoms with Crippen LogP contribution in [-0.2, 0) is 9.53 Å². The van der Waals surface area contributed by atoms with E-state index in [0.29, 0.717) is 24.9 Å². The van der Waals surface area contributed by atoms with Gasteiger partial charge in [0, 0.05) is 26.1 Å². The molecular formula is C14H26N2O2. The van der Waals surface area contributed by atoms with Crippen molar-refractivity contribution < 1.29 is 9.53 Å². The van der Waals surface area contributed by atoms with Crippen molar-refractivity contribution in [3.8, 4) is 0 Å². The predicted molar refractivity (Wildman–Crippen MR) is 71.2 cm³/mol. The number of rotatable bonds is 3. The number of carbonyl (C=O) groups is 1. The second-order valence-electron chi connectivity index (χ2n) is 5.81. The maximum atomic E-state index is 12.3. The molecule has 1 saturated carbocycles. The first-order valence-corrected chi connectivity index (χ1v) is 7.32. The van der Waals surface area contributed by atoms with Crippen LogP contribution in [0.5, 0.6) is 0 Å². The molecule has 1 heterocycles. The van der Waals surface area contributed by atoms with Crippen LogP contribution in [-0.4, -0.2) is 42.6 Å². The number of nitrogens with zero attached hydrogens (tertiary/aromatic N) is 1. The summed E-state index contributed by atoms with van der Waals surface area (Å²) in [6, 6.07) is 0. The Morgan fingerprint density at radius 1 is 1.28 bits per heavy atom. The molecule has 4 heteroatoms. The fraction of sp³-hybridized carbons (Fsp3) is 0.929. The standard InChI is InChI=1S/C14H26N2O2/c1-11-9-16(10-13(8-15)18-11)14(17)7-12-5-3-2-4-6-12/h11-13H,2-10,15H2,1H3. The van der Waals surface area contributed by atoms with Crippen LogP contribution in [0.15, 0.2) is 0 Å². The van der Waals surface area contributed by atoms with E-state index in [1.54, 1.807) is 0 Å². The van der Waals surface area contributed by atoms with E-state index in [4.69, 9.17) is 10.5 Å². The Labute approximate surface area is 110 Å². The lowest BCUT2D eigenvalue weighted by molar-refractivity contribution is -0.144. The average Bonchev–Trinajstić information content (AvgIpc) is 2.39. The Morgan fingerprint density at radius 3 is 2.67 bits per heavy atom. The van der Waals surface area contributed by atoms with Crippen molar-refractivity contribution in [1.82, 2.24) is 4.90 Å². The molecular weight excluding hydrogens is 228 g/mol. The molecule has 0 aromatic rings. The molecule has 2 rings (SSSR count). The van der Waals surface area contributed by atoms with Crippen LogP contribution >= 0.6 is 0 Å². The molecule has 18 heavy (non-hydrogen) atoms. The van der Waals surface area contributed by atoms with Crippen molar-refractivity contribution in [2.75, 3.05) is 19.6 Å². The zero-order chi connectivity index (χ0) is 13.0. The molecule has 0 aromatic heterocycles. The number of carbonyl (C=O) groups excluding carboxylic acids is 1. The molecule has 2 atom stereocenters. The summed E-state index contributed by atoms with van der Waals surface area (Å²) in [5.41, 5.74) is 5.65. The molecule has 0 spiro atoms. The Morgan fingerprint density at radius 2 is 2.00 bits per heavy atom. The average molecular weight is 254 g/mol. The predicted octanol–water partition coefficient (Wildman–Crippen LogP) is 1.53. The van der Waals surface area contributed by atoms with Gasteiger partial charge in [0.15, 0.2) is 0 Å². The molecule has 4 nitrogen and oxygen atoms in total. The number of amides is 1. The molecule has 0 radical (unpaired) electrons. The van der Waals surface area contributed by atoms with Gasteiger partial charge in [0.1, 0.15) is 0 Å². The first-order chi connectivity index (χ1) is 8.69. The third-order valence-corrected chi connectivity index (χ3v) is 4.13. The summed E-state index contributed by atoms with van der Waals surface area (Å²) < 4.78 is 5.69. The third-order valence-electron chi connectivity index (χ3n) is 4.13. The Balaban J connectivity index is 1.83. The zero-order valence-electron chi connectivity index (χ0n) is 11.4. The van der Waals surface area contributed by atoms with E-state index >= 15 is 0 Å². The van der Waals surface area contributed by atoms with Crippen molar-refractivity contribution >= 4 is 5.91 Å². The summed E-state index contributed by atoms with van der Waals surface area (Å²) in [4.78, 5) is 14.3. The maximum absolute atomic E-state index is 12.3. The van der Waals surface area contributed by atoms with Crippen molar-refractivity contribution in [1.29, 1.82) is 0 Å². The second kappa shape index (κ2) is 6.53. The van der Waals surface area contributed by atoms with Gasteiger partial charge in [-0.1, -0.05) is 19.3 Å². The van der Waals surface area contributed by atoms with E-state index in [1.807, 2.05) is 11.8 Å². The molecule has 0 aromatic carbocycles. The minimum Gasteiger partial charge on any atom is -0.370 e. The van der Waals surface area contributed by atoms with Crippen molar-refractivity contribution in [2.24, 2.45) is 11.7 Å². The van der Waals surface area contributed by atoms with Crippen LogP contribution in [0.2, 0.25) is 0 Å². The van der Waals surface area contributed by atoms with Crippen LogP contribution in [0, 0.1) is 5.92 Å². The summed E-state index contributed by atoms with van der Waals surface area (Å²) in [6.07, 6.45) is 7.24. The van der Waals surface area contributed by atoms with Crippen LogP contribution in [0.1, 0.15) is 45.4 Å². The van der Waals surface area contributed by atoms with Gasteiger partial charge in [-0.05, 0) is 25.7 Å². The largest absolute Gasteiger partial charge is 0.370 e. The number of hydrogen-bond donors (Lipinski definition) is 1. The summed E-state index contributed by atoms with van der Waals surface area (Å²) in [6.45, 7) is 3.91. The summed E-state index contributed by atoms with van der Waals surface area (Å²) in [5.74, 6) is 0.913. The second-order valence-corrected chi connectivity index (χ2v) is 5.81. The topological polar surface area (TPSA) is 55.6 Å². The van der Waals surface area contributed by atoms with E-state index in [0.717, 1.165) is 13.0 Å². The lowest BCUT2D eigenvalue weighted by atomic mass is 9.86. The zero-order valence-corrected chi connectivity index (χ0v) is 11.4. The molecule has 2 fully saturated rings. The van der Waals surface area contributed by atoms with Gasteiger partial charge >= 0.3 is 0 Å². The monoisotopic (exact) mass is 254 g/mol. The Hall–Kier alpha value is -0.610. The van der Waals surface area contributed by atoms with Gasteiger partial charge in [0.05, 0.1) is 12.2 Å². The van der Waals surface area contributed by atoms with E-state index in [9.17, 15) is 4.79 Å². The SMILES string of the molecule is CC1CN(C(=O)CC2CCCCC2)CC(CN)O1. The highest BCUT2D eigenvalue weighted by atomic mass is 16.5. The van der Waals surface area contributed by atoms with Crippen molar-refractivity contribution in [3.63, 3.8) is 0 Å². The minimum atomic E-state index is 0.0176. The first-order valence-electron chi connectivity index (χ1n) is 7.32. The molecule has 1 amide bonds. The van der Waals surface area contributed by atoms with Crippen molar-refractivity contribution in [3.05, 3.63) is 0 Å². The highest BCUT2D eigenvalue weighted by molar-refractivity contribution is 5.76. The van der Waals surface area contributed by atoms with Crippen LogP contribution in [0.25, 0.3) is 0 Å². The molecule has 0 bridgehead atoms. The van der Waals surface area contributed by atoms with Gasteiger partial charge in [-0.25, -0.2) is 0 Å². The summed E-state index contributed by atoms with van der Waals surface area (Å²) in [7, 11) is 0. The normalized spacial score (nSPS) is 30.4. The van der Waals surface area contributed by atoms with E-state index in [1.165, 1.54) is 32.1 Å². The summed E-state index contributed by atoms with van der Waals surface area (Å²) in [5, 5.41) is 0.